The van der Waals surface area contributed by atoms with E-state index in [0.29, 0.717) is 24.2 Å². The van der Waals surface area contributed by atoms with Gasteiger partial charge in [0, 0.05) is 18.4 Å². The summed E-state index contributed by atoms with van der Waals surface area (Å²) >= 11 is 0. The van der Waals surface area contributed by atoms with E-state index in [4.69, 9.17) is 4.74 Å². The number of carbonyl (C=O) groups excluding carboxylic acids is 1. The number of rotatable bonds is 7. The first-order chi connectivity index (χ1) is 14.1. The number of nitrogens with zero attached hydrogens (tertiary/aromatic N) is 1. The van der Waals surface area contributed by atoms with Crippen molar-refractivity contribution in [2.24, 2.45) is 17.8 Å². The molecule has 0 spiro atoms. The Morgan fingerprint density at radius 1 is 1.21 bits per heavy atom. The second-order valence-electron chi connectivity index (χ2n) is 9.28. The Morgan fingerprint density at radius 2 is 2.00 bits per heavy atom. The lowest BCUT2D eigenvalue weighted by Gasteiger charge is -2.53. The Balaban J connectivity index is 1.77. The van der Waals surface area contributed by atoms with Gasteiger partial charge >= 0.3 is 5.97 Å². The first kappa shape index (κ1) is 20.8. The van der Waals surface area contributed by atoms with E-state index >= 15 is 0 Å². The second-order valence-corrected chi connectivity index (χ2v) is 9.28. The van der Waals surface area contributed by atoms with Gasteiger partial charge in [-0.05, 0) is 93.7 Å². The minimum atomic E-state index is -0.146. The van der Waals surface area contributed by atoms with Crippen LogP contribution in [0, 0.1) is 23.6 Å². The number of hydrogen-bond acceptors (Lipinski definition) is 4. The maximum absolute atomic E-state index is 14.4. The van der Waals surface area contributed by atoms with Crippen LogP contribution < -0.4 is 5.32 Å². The van der Waals surface area contributed by atoms with Crippen molar-refractivity contribution < 1.29 is 13.9 Å². The number of hydrogen-bond donors (Lipinski definition) is 1. The summed E-state index contributed by atoms with van der Waals surface area (Å²) in [4.78, 5) is 14.8. The van der Waals surface area contributed by atoms with Crippen LogP contribution in [0.3, 0.4) is 0 Å². The average molecular weight is 403 g/mol. The van der Waals surface area contributed by atoms with Crippen molar-refractivity contribution in [3.8, 4) is 0 Å². The molecule has 4 rings (SSSR count). The zero-order valence-corrected chi connectivity index (χ0v) is 17.7. The minimum Gasteiger partial charge on any atom is -0.469 e. The van der Waals surface area contributed by atoms with Gasteiger partial charge < -0.3 is 15.0 Å². The highest BCUT2D eigenvalue weighted by atomic mass is 19.1. The molecule has 3 fully saturated rings. The van der Waals surface area contributed by atoms with Gasteiger partial charge in [0.1, 0.15) is 5.82 Å². The third-order valence-electron chi connectivity index (χ3n) is 7.84. The first-order valence-electron chi connectivity index (χ1n) is 11.4. The third kappa shape index (κ3) is 4.22. The highest BCUT2D eigenvalue weighted by molar-refractivity contribution is 5.69. The molecule has 2 aliphatic heterocycles. The van der Waals surface area contributed by atoms with E-state index in [9.17, 15) is 9.18 Å². The van der Waals surface area contributed by atoms with Crippen molar-refractivity contribution in [3.63, 3.8) is 0 Å². The molecule has 3 atom stereocenters. The van der Waals surface area contributed by atoms with Crippen LogP contribution >= 0.6 is 0 Å². The summed E-state index contributed by atoms with van der Waals surface area (Å²) in [6.07, 6.45) is 7.31. The lowest BCUT2D eigenvalue weighted by atomic mass is 9.56. The van der Waals surface area contributed by atoms with E-state index in [-0.39, 0.29) is 17.2 Å². The van der Waals surface area contributed by atoms with E-state index in [0.717, 1.165) is 70.4 Å². The first-order valence-corrected chi connectivity index (χ1v) is 11.4. The monoisotopic (exact) mass is 402 g/mol. The average Bonchev–Trinajstić information content (AvgIpc) is 3.16. The third-order valence-corrected chi connectivity index (χ3v) is 7.84. The zero-order chi connectivity index (χ0) is 20.3. The number of ether oxygens (including phenoxy) is 1. The minimum absolute atomic E-state index is 0.0974. The summed E-state index contributed by atoms with van der Waals surface area (Å²) in [5.41, 5.74) is 1.05. The quantitative estimate of drug-likeness (QED) is 0.706. The maximum Gasteiger partial charge on any atom is 0.305 e. The molecule has 0 unspecified atom stereocenters. The van der Waals surface area contributed by atoms with Gasteiger partial charge in [-0.25, -0.2) is 4.39 Å². The molecule has 0 radical (unpaired) electrons. The van der Waals surface area contributed by atoms with E-state index in [1.54, 1.807) is 12.1 Å². The molecule has 1 aromatic rings. The SMILES string of the molecule is COC(=O)C[C@H]1CCC[C@@H]1[C@](CN1CCC1)(c1cccc(F)c1)C1CCNCC1. The number of methoxy groups -OCH3 is 1. The van der Waals surface area contributed by atoms with Crippen molar-refractivity contribution in [1.29, 1.82) is 0 Å². The highest BCUT2D eigenvalue weighted by Gasteiger charge is 2.52. The van der Waals surface area contributed by atoms with Gasteiger partial charge in [0.05, 0.1) is 7.11 Å². The number of esters is 1. The van der Waals surface area contributed by atoms with E-state index < -0.39 is 0 Å². The highest BCUT2D eigenvalue weighted by Crippen LogP contribution is 2.53. The number of likely N-dealkylation sites (tertiary alicyclic amines) is 1. The van der Waals surface area contributed by atoms with E-state index in [1.807, 2.05) is 6.07 Å². The van der Waals surface area contributed by atoms with Crippen LogP contribution in [-0.4, -0.2) is 50.7 Å². The van der Waals surface area contributed by atoms with Crippen molar-refractivity contribution in [2.45, 2.75) is 50.4 Å². The lowest BCUT2D eigenvalue weighted by Crippen LogP contribution is -2.56. The number of carbonyl (C=O) groups is 1. The smallest absolute Gasteiger partial charge is 0.305 e. The van der Waals surface area contributed by atoms with Crippen molar-refractivity contribution in [3.05, 3.63) is 35.6 Å². The molecule has 1 saturated carbocycles. The molecule has 1 aromatic carbocycles. The van der Waals surface area contributed by atoms with Crippen LogP contribution in [0.25, 0.3) is 0 Å². The van der Waals surface area contributed by atoms with Gasteiger partial charge in [-0.15, -0.1) is 0 Å². The summed E-state index contributed by atoms with van der Waals surface area (Å²) in [6.45, 7) is 5.31. The molecule has 5 heteroatoms. The predicted octanol–water partition coefficient (Wildman–Crippen LogP) is 3.75. The van der Waals surface area contributed by atoms with Crippen molar-refractivity contribution >= 4 is 5.97 Å². The molecule has 0 aromatic heterocycles. The molecule has 1 N–H and O–H groups in total. The number of piperidine rings is 1. The molecule has 0 bridgehead atoms. The Labute approximate surface area is 174 Å². The summed E-state index contributed by atoms with van der Waals surface area (Å²) in [5, 5.41) is 3.51. The fourth-order valence-electron chi connectivity index (χ4n) is 6.37. The summed E-state index contributed by atoms with van der Waals surface area (Å²) in [5.74, 6) is 0.972. The van der Waals surface area contributed by atoms with Crippen LogP contribution in [0.1, 0.15) is 50.5 Å². The largest absolute Gasteiger partial charge is 0.469 e. The summed E-state index contributed by atoms with van der Waals surface area (Å²) in [7, 11) is 1.49. The Morgan fingerprint density at radius 3 is 2.66 bits per heavy atom. The molecule has 0 amide bonds. The molecule has 2 saturated heterocycles. The fourth-order valence-corrected chi connectivity index (χ4v) is 6.37. The van der Waals surface area contributed by atoms with Crippen LogP contribution in [0.2, 0.25) is 0 Å². The van der Waals surface area contributed by atoms with Crippen LogP contribution in [0.15, 0.2) is 24.3 Å². The Hall–Kier alpha value is -1.46. The van der Waals surface area contributed by atoms with Crippen molar-refractivity contribution in [2.75, 3.05) is 39.8 Å². The van der Waals surface area contributed by atoms with Crippen LogP contribution in [0.5, 0.6) is 0 Å². The standard InChI is InChI=1S/C24H35FN2O2/c1-29-23(28)15-18-5-2-8-22(18)24(17-27-13-4-14-27,19-9-11-26-12-10-19)20-6-3-7-21(25)16-20/h3,6-7,16,18-19,22,26H,2,4-5,8-15,17H2,1H3/t18-,22+,24+/m1/s1. The molecule has 1 aliphatic carbocycles. The Bertz CT molecular complexity index is 702. The lowest BCUT2D eigenvalue weighted by molar-refractivity contribution is -0.142. The topological polar surface area (TPSA) is 41.6 Å². The predicted molar refractivity (Wildman–Crippen MR) is 112 cm³/mol. The van der Waals surface area contributed by atoms with Crippen LogP contribution in [-0.2, 0) is 14.9 Å². The zero-order valence-electron chi connectivity index (χ0n) is 17.7. The molecule has 2 heterocycles. The Kier molecular flexibility index (Phi) is 6.55. The maximum atomic E-state index is 14.4. The van der Waals surface area contributed by atoms with Gasteiger partial charge in [0.2, 0.25) is 0 Å². The van der Waals surface area contributed by atoms with Gasteiger partial charge in [-0.3, -0.25) is 4.79 Å². The summed E-state index contributed by atoms with van der Waals surface area (Å²) < 4.78 is 19.5. The van der Waals surface area contributed by atoms with Gasteiger partial charge in [0.25, 0.3) is 0 Å². The molecule has 4 nitrogen and oxygen atoms in total. The molecule has 29 heavy (non-hydrogen) atoms. The van der Waals surface area contributed by atoms with Crippen molar-refractivity contribution in [1.82, 2.24) is 10.2 Å². The number of halogens is 1. The molecular weight excluding hydrogens is 367 g/mol. The number of nitrogens with one attached hydrogen (secondary N) is 1. The normalized spacial score (nSPS) is 27.9. The molecule has 160 valence electrons. The molecular formula is C24H35FN2O2. The van der Waals surface area contributed by atoms with Gasteiger partial charge in [-0.1, -0.05) is 18.6 Å². The fraction of sp³-hybridized carbons (Fsp3) is 0.708. The second kappa shape index (κ2) is 9.13. The van der Waals surface area contributed by atoms with E-state index in [1.165, 1.54) is 13.5 Å². The van der Waals surface area contributed by atoms with E-state index in [2.05, 4.69) is 16.3 Å². The van der Waals surface area contributed by atoms with Gasteiger partial charge in [0.15, 0.2) is 0 Å². The molecule has 3 aliphatic rings. The number of benzene rings is 1. The van der Waals surface area contributed by atoms with Crippen LogP contribution in [0.4, 0.5) is 4.39 Å². The summed E-state index contributed by atoms with van der Waals surface area (Å²) in [6, 6.07) is 7.37. The van der Waals surface area contributed by atoms with Gasteiger partial charge in [-0.2, -0.15) is 0 Å².